The molecule has 0 unspecified atom stereocenters. The van der Waals surface area contributed by atoms with Crippen molar-refractivity contribution in [3.63, 3.8) is 0 Å². The first-order valence-corrected chi connectivity index (χ1v) is 4.50. The molecule has 0 aliphatic carbocycles. The van der Waals surface area contributed by atoms with Crippen molar-refractivity contribution in [2.45, 2.75) is 33.4 Å². The standard InChI is InChI=1S/C9H17N3O/c1-7(2)13-5-4-12-8(3)9(10)6-11-12/h6-7H,4-5,10H2,1-3H3. The normalized spacial score (nSPS) is 11.1. The molecule has 74 valence electrons. The predicted octanol–water partition coefficient (Wildman–Crippen LogP) is 1.20. The highest BCUT2D eigenvalue weighted by Gasteiger charge is 2.02. The van der Waals surface area contributed by atoms with E-state index in [-0.39, 0.29) is 6.10 Å². The van der Waals surface area contributed by atoms with Gasteiger partial charge in [0.25, 0.3) is 0 Å². The zero-order valence-electron chi connectivity index (χ0n) is 8.45. The molecule has 0 aromatic carbocycles. The van der Waals surface area contributed by atoms with Gasteiger partial charge in [0.05, 0.1) is 36.8 Å². The van der Waals surface area contributed by atoms with Gasteiger partial charge in [-0.2, -0.15) is 5.10 Å². The molecule has 0 spiro atoms. The zero-order chi connectivity index (χ0) is 9.84. The molecule has 1 heterocycles. The van der Waals surface area contributed by atoms with Gasteiger partial charge in [0.1, 0.15) is 0 Å². The van der Waals surface area contributed by atoms with Crippen LogP contribution in [-0.4, -0.2) is 22.5 Å². The summed E-state index contributed by atoms with van der Waals surface area (Å²) in [6, 6.07) is 0. The van der Waals surface area contributed by atoms with Crippen LogP contribution in [0.3, 0.4) is 0 Å². The summed E-state index contributed by atoms with van der Waals surface area (Å²) in [5.74, 6) is 0. The molecular weight excluding hydrogens is 166 g/mol. The second-order valence-electron chi connectivity index (χ2n) is 3.33. The van der Waals surface area contributed by atoms with Gasteiger partial charge in [-0.15, -0.1) is 0 Å². The van der Waals surface area contributed by atoms with Crippen molar-refractivity contribution in [3.05, 3.63) is 11.9 Å². The molecule has 0 fully saturated rings. The second-order valence-corrected chi connectivity index (χ2v) is 3.33. The van der Waals surface area contributed by atoms with Crippen LogP contribution in [-0.2, 0) is 11.3 Å². The largest absolute Gasteiger partial charge is 0.396 e. The zero-order valence-corrected chi connectivity index (χ0v) is 8.45. The molecule has 0 saturated carbocycles. The molecule has 0 saturated heterocycles. The summed E-state index contributed by atoms with van der Waals surface area (Å²) >= 11 is 0. The van der Waals surface area contributed by atoms with Gasteiger partial charge in [-0.1, -0.05) is 0 Å². The lowest BCUT2D eigenvalue weighted by atomic mass is 10.4. The van der Waals surface area contributed by atoms with Gasteiger partial charge in [0.2, 0.25) is 0 Å². The molecule has 0 amide bonds. The first kappa shape index (κ1) is 10.1. The molecule has 0 atom stereocenters. The van der Waals surface area contributed by atoms with E-state index in [0.717, 1.165) is 17.9 Å². The van der Waals surface area contributed by atoms with Crippen LogP contribution in [0, 0.1) is 6.92 Å². The number of anilines is 1. The number of nitrogens with zero attached hydrogens (tertiary/aromatic N) is 2. The third-order valence-corrected chi connectivity index (χ3v) is 1.90. The monoisotopic (exact) mass is 183 g/mol. The van der Waals surface area contributed by atoms with Gasteiger partial charge < -0.3 is 10.5 Å². The van der Waals surface area contributed by atoms with Crippen LogP contribution >= 0.6 is 0 Å². The van der Waals surface area contributed by atoms with E-state index < -0.39 is 0 Å². The molecule has 4 heteroatoms. The Bertz CT molecular complexity index is 268. The predicted molar refractivity (Wildman–Crippen MR) is 52.5 cm³/mol. The van der Waals surface area contributed by atoms with Gasteiger partial charge in [-0.25, -0.2) is 0 Å². The molecule has 2 N–H and O–H groups in total. The quantitative estimate of drug-likeness (QED) is 0.763. The van der Waals surface area contributed by atoms with Crippen molar-refractivity contribution in [2.24, 2.45) is 0 Å². The van der Waals surface area contributed by atoms with Crippen LogP contribution in [0.25, 0.3) is 0 Å². The minimum absolute atomic E-state index is 0.271. The van der Waals surface area contributed by atoms with Crippen LogP contribution in [0.5, 0.6) is 0 Å². The highest BCUT2D eigenvalue weighted by Crippen LogP contribution is 2.07. The summed E-state index contributed by atoms with van der Waals surface area (Å²) < 4.78 is 7.27. The van der Waals surface area contributed by atoms with Crippen molar-refractivity contribution >= 4 is 5.69 Å². The van der Waals surface area contributed by atoms with Crippen molar-refractivity contribution in [3.8, 4) is 0 Å². The summed E-state index contributed by atoms with van der Waals surface area (Å²) in [5, 5.41) is 4.12. The number of nitrogens with two attached hydrogens (primary N) is 1. The van der Waals surface area contributed by atoms with E-state index in [9.17, 15) is 0 Å². The third kappa shape index (κ3) is 2.73. The molecule has 0 aliphatic heterocycles. The second kappa shape index (κ2) is 4.28. The average Bonchev–Trinajstić information content (AvgIpc) is 2.35. The van der Waals surface area contributed by atoms with E-state index in [0.29, 0.717) is 6.61 Å². The molecule has 13 heavy (non-hydrogen) atoms. The minimum Gasteiger partial charge on any atom is -0.396 e. The van der Waals surface area contributed by atoms with Crippen LogP contribution in [0.15, 0.2) is 6.20 Å². The highest BCUT2D eigenvalue weighted by molar-refractivity contribution is 5.39. The van der Waals surface area contributed by atoms with Gasteiger partial charge in [-0.05, 0) is 20.8 Å². The lowest BCUT2D eigenvalue weighted by Crippen LogP contribution is -2.12. The fourth-order valence-electron chi connectivity index (χ4n) is 1.06. The Morgan fingerprint density at radius 3 is 2.77 bits per heavy atom. The summed E-state index contributed by atoms with van der Waals surface area (Å²) in [7, 11) is 0. The Morgan fingerprint density at radius 2 is 2.31 bits per heavy atom. The maximum absolute atomic E-state index is 5.65. The summed E-state index contributed by atoms with van der Waals surface area (Å²) in [4.78, 5) is 0. The van der Waals surface area contributed by atoms with Crippen molar-refractivity contribution in [2.75, 3.05) is 12.3 Å². The van der Waals surface area contributed by atoms with E-state index in [1.165, 1.54) is 0 Å². The number of aromatic nitrogens is 2. The first-order chi connectivity index (χ1) is 6.11. The van der Waals surface area contributed by atoms with Gasteiger partial charge in [0.15, 0.2) is 0 Å². The Balaban J connectivity index is 2.41. The van der Waals surface area contributed by atoms with E-state index in [1.807, 2.05) is 25.5 Å². The van der Waals surface area contributed by atoms with Crippen LogP contribution in [0.4, 0.5) is 5.69 Å². The minimum atomic E-state index is 0.271. The molecule has 0 aliphatic rings. The maximum atomic E-state index is 5.65. The summed E-state index contributed by atoms with van der Waals surface area (Å²) in [6.07, 6.45) is 1.94. The Labute approximate surface area is 78.7 Å². The fraction of sp³-hybridized carbons (Fsp3) is 0.667. The lowest BCUT2D eigenvalue weighted by molar-refractivity contribution is 0.0706. The number of ether oxygens (including phenoxy) is 1. The third-order valence-electron chi connectivity index (χ3n) is 1.90. The van der Waals surface area contributed by atoms with Crippen LogP contribution < -0.4 is 5.73 Å². The Morgan fingerprint density at radius 1 is 1.62 bits per heavy atom. The molecule has 0 bridgehead atoms. The van der Waals surface area contributed by atoms with Gasteiger partial charge >= 0.3 is 0 Å². The smallest absolute Gasteiger partial charge is 0.0730 e. The van der Waals surface area contributed by atoms with E-state index in [4.69, 9.17) is 10.5 Å². The van der Waals surface area contributed by atoms with Crippen molar-refractivity contribution in [1.82, 2.24) is 9.78 Å². The molecule has 1 aromatic rings. The van der Waals surface area contributed by atoms with Crippen molar-refractivity contribution in [1.29, 1.82) is 0 Å². The van der Waals surface area contributed by atoms with Gasteiger partial charge in [-0.3, -0.25) is 4.68 Å². The topological polar surface area (TPSA) is 53.1 Å². The van der Waals surface area contributed by atoms with Gasteiger partial charge in [0, 0.05) is 0 Å². The first-order valence-electron chi connectivity index (χ1n) is 4.50. The lowest BCUT2D eigenvalue weighted by Gasteiger charge is -2.08. The molecule has 1 rings (SSSR count). The van der Waals surface area contributed by atoms with E-state index >= 15 is 0 Å². The molecule has 1 aromatic heterocycles. The average molecular weight is 183 g/mol. The maximum Gasteiger partial charge on any atom is 0.0730 e. The molecule has 4 nitrogen and oxygen atoms in total. The summed E-state index contributed by atoms with van der Waals surface area (Å²) in [6.45, 7) is 7.44. The van der Waals surface area contributed by atoms with E-state index in [1.54, 1.807) is 6.20 Å². The van der Waals surface area contributed by atoms with Crippen LogP contribution in [0.1, 0.15) is 19.5 Å². The SMILES string of the molecule is Cc1c(N)cnn1CCOC(C)C. The number of hydrogen-bond donors (Lipinski definition) is 1. The van der Waals surface area contributed by atoms with Crippen LogP contribution in [0.2, 0.25) is 0 Å². The Hall–Kier alpha value is -1.03. The number of nitrogen functional groups attached to an aromatic ring is 1. The van der Waals surface area contributed by atoms with E-state index in [2.05, 4.69) is 5.10 Å². The molecule has 0 radical (unpaired) electrons. The van der Waals surface area contributed by atoms with Crippen molar-refractivity contribution < 1.29 is 4.74 Å². The Kier molecular flexibility index (Phi) is 3.31. The molecular formula is C9H17N3O. The fourth-order valence-corrected chi connectivity index (χ4v) is 1.06. The number of rotatable bonds is 4. The highest BCUT2D eigenvalue weighted by atomic mass is 16.5. The summed E-state index contributed by atoms with van der Waals surface area (Å²) in [5.41, 5.74) is 7.40. The number of hydrogen-bond acceptors (Lipinski definition) is 3.